The maximum absolute atomic E-state index is 12.0. The van der Waals surface area contributed by atoms with E-state index < -0.39 is 0 Å². The molecule has 0 radical (unpaired) electrons. The summed E-state index contributed by atoms with van der Waals surface area (Å²) in [4.78, 5) is 0. The number of aliphatic hydroxyl groups excluding tert-OH is 2. The molecule has 0 unspecified atom stereocenters. The van der Waals surface area contributed by atoms with E-state index in [1.165, 1.54) is 30.4 Å². The summed E-state index contributed by atoms with van der Waals surface area (Å²) in [5.74, 6) is 1.54. The number of hydrogen-bond donors (Lipinski definition) is 2. The van der Waals surface area contributed by atoms with Gasteiger partial charge in [-0.3, -0.25) is 0 Å². The minimum atomic E-state index is -0.355. The van der Waals surface area contributed by atoms with E-state index in [4.69, 9.17) is 9.47 Å². The van der Waals surface area contributed by atoms with E-state index in [1.807, 2.05) is 0 Å². The Morgan fingerprint density at radius 3 is 2.40 bits per heavy atom. The van der Waals surface area contributed by atoms with E-state index in [2.05, 4.69) is 68.0 Å². The van der Waals surface area contributed by atoms with Crippen LogP contribution in [0.15, 0.2) is 23.8 Å². The van der Waals surface area contributed by atoms with Crippen LogP contribution in [0.5, 0.6) is 0 Å². The van der Waals surface area contributed by atoms with E-state index >= 15 is 0 Å². The molecule has 4 heteroatoms. The maximum Gasteiger partial charge on any atom is 0.160 e. The Morgan fingerprint density at radius 2 is 1.73 bits per heavy atom. The van der Waals surface area contributed by atoms with Crippen molar-refractivity contribution in [1.29, 1.82) is 0 Å². The Bertz CT molecular complexity index is 971. The van der Waals surface area contributed by atoms with Crippen LogP contribution in [0.3, 0.4) is 0 Å². The van der Waals surface area contributed by atoms with Gasteiger partial charge in [0.15, 0.2) is 6.29 Å². The average Bonchev–Trinajstić information content (AvgIpc) is 3.19. The van der Waals surface area contributed by atoms with Crippen molar-refractivity contribution in [3.05, 3.63) is 23.8 Å². The summed E-state index contributed by atoms with van der Waals surface area (Å²) < 4.78 is 13.4. The van der Waals surface area contributed by atoms with Crippen LogP contribution in [-0.4, -0.2) is 40.9 Å². The molecule has 1 aliphatic heterocycles. The Hall–Kier alpha value is -0.680. The van der Waals surface area contributed by atoms with Gasteiger partial charge in [-0.1, -0.05) is 64.8 Å². The molecule has 40 heavy (non-hydrogen) atoms. The molecule has 0 bridgehead atoms. The molecule has 0 amide bonds. The highest BCUT2D eigenvalue weighted by Crippen LogP contribution is 2.76. The van der Waals surface area contributed by atoms with Crippen LogP contribution in [0.4, 0.5) is 0 Å². The maximum atomic E-state index is 12.0. The summed E-state index contributed by atoms with van der Waals surface area (Å²) in [7, 11) is 0. The van der Waals surface area contributed by atoms with Crippen LogP contribution >= 0.6 is 0 Å². The predicted octanol–water partition coefficient (Wildman–Crippen LogP) is 8.22. The molecule has 1 saturated heterocycles. The number of allylic oxidation sites excluding steroid dienone is 3. The van der Waals surface area contributed by atoms with Gasteiger partial charge in [0.1, 0.15) is 0 Å². The van der Waals surface area contributed by atoms with E-state index in [0.29, 0.717) is 30.6 Å². The fraction of sp³-hybridized carbons (Fsp3) is 0.889. The first-order valence-electron chi connectivity index (χ1n) is 16.6. The highest BCUT2D eigenvalue weighted by Gasteiger charge is 2.71. The molecule has 0 aromatic rings. The predicted molar refractivity (Wildman–Crippen MR) is 163 cm³/mol. The monoisotopic (exact) mass is 556 g/mol. The van der Waals surface area contributed by atoms with Crippen molar-refractivity contribution < 1.29 is 19.7 Å². The summed E-state index contributed by atoms with van der Waals surface area (Å²) in [6, 6.07) is 0. The van der Waals surface area contributed by atoms with Crippen LogP contribution in [-0.2, 0) is 9.47 Å². The van der Waals surface area contributed by atoms with Crippen LogP contribution in [0, 0.1) is 45.3 Å². The highest BCUT2D eigenvalue weighted by molar-refractivity contribution is 5.23. The summed E-state index contributed by atoms with van der Waals surface area (Å²) in [5, 5.41) is 22.6. The van der Waals surface area contributed by atoms with E-state index in [0.717, 1.165) is 38.5 Å². The lowest BCUT2D eigenvalue weighted by Crippen LogP contribution is -2.68. The summed E-state index contributed by atoms with van der Waals surface area (Å²) >= 11 is 0. The third-order valence-corrected chi connectivity index (χ3v) is 13.3. The quantitative estimate of drug-likeness (QED) is 0.256. The van der Waals surface area contributed by atoms with Gasteiger partial charge in [-0.15, -0.1) is 0 Å². The first-order valence-corrected chi connectivity index (χ1v) is 16.6. The molecule has 0 aromatic heterocycles. The molecule has 0 spiro atoms. The summed E-state index contributed by atoms with van der Waals surface area (Å²) in [5.41, 5.74) is 3.08. The lowest BCUT2D eigenvalue weighted by atomic mass is 9.34. The molecule has 4 aliphatic carbocycles. The molecular formula is C36H60O4. The van der Waals surface area contributed by atoms with Gasteiger partial charge in [0, 0.05) is 6.42 Å². The zero-order valence-electron chi connectivity index (χ0n) is 27.0. The molecule has 12 atom stereocenters. The van der Waals surface area contributed by atoms with Gasteiger partial charge in [0.2, 0.25) is 0 Å². The zero-order valence-corrected chi connectivity index (χ0v) is 27.0. The van der Waals surface area contributed by atoms with Gasteiger partial charge in [0.05, 0.1) is 24.4 Å². The summed E-state index contributed by atoms with van der Waals surface area (Å²) in [6.07, 6.45) is 12.7. The number of fused-ring (bicyclic) bond motifs is 5. The largest absolute Gasteiger partial charge is 0.393 e. The zero-order chi connectivity index (χ0) is 29.3. The van der Waals surface area contributed by atoms with Gasteiger partial charge in [-0.25, -0.2) is 0 Å². The Kier molecular flexibility index (Phi) is 8.30. The Morgan fingerprint density at radius 1 is 1.00 bits per heavy atom. The minimum absolute atomic E-state index is 0.0195. The molecule has 5 fully saturated rings. The third kappa shape index (κ3) is 4.99. The van der Waals surface area contributed by atoms with Crippen molar-refractivity contribution in [2.75, 3.05) is 0 Å². The van der Waals surface area contributed by atoms with Gasteiger partial charge in [-0.2, -0.15) is 0 Å². The fourth-order valence-corrected chi connectivity index (χ4v) is 11.7. The van der Waals surface area contributed by atoms with Crippen molar-refractivity contribution in [1.82, 2.24) is 0 Å². The summed E-state index contributed by atoms with van der Waals surface area (Å²) in [6.45, 7) is 23.6. The first kappa shape index (κ1) is 30.8. The normalized spacial score (nSPS) is 49.9. The highest BCUT2D eigenvalue weighted by atomic mass is 16.7. The molecular weight excluding hydrogens is 496 g/mol. The first-order chi connectivity index (χ1) is 18.6. The second kappa shape index (κ2) is 10.8. The number of aliphatic hydroxyl groups is 2. The van der Waals surface area contributed by atoms with Crippen molar-refractivity contribution in [2.45, 2.75) is 157 Å². The van der Waals surface area contributed by atoms with Crippen molar-refractivity contribution in [3.63, 3.8) is 0 Å². The fourth-order valence-electron chi connectivity index (χ4n) is 11.7. The van der Waals surface area contributed by atoms with Gasteiger partial charge in [-0.05, 0) is 124 Å². The van der Waals surface area contributed by atoms with E-state index in [-0.39, 0.29) is 58.3 Å². The van der Waals surface area contributed by atoms with Crippen LogP contribution < -0.4 is 0 Å². The molecule has 4 nitrogen and oxygen atoms in total. The SMILES string of the molecule is C=C(CCC=C(C)C)[C@H]1CC[C@]2(C)[C@@H]1[C@H](O)C[C@@H]1[C@@]3(C)CCCC(C)(C)[C@@H]3[C@@H](O[C@H]3C[C@@H](O)C[C@@H](C)O3)C[C@]12C. The van der Waals surface area contributed by atoms with Gasteiger partial charge in [0.25, 0.3) is 0 Å². The van der Waals surface area contributed by atoms with E-state index in [9.17, 15) is 10.2 Å². The number of rotatable bonds is 6. The molecule has 228 valence electrons. The van der Waals surface area contributed by atoms with Crippen LogP contribution in [0.1, 0.15) is 126 Å². The average molecular weight is 557 g/mol. The second-order valence-corrected chi connectivity index (χ2v) is 16.5. The Balaban J connectivity index is 1.49. The second-order valence-electron chi connectivity index (χ2n) is 16.5. The topological polar surface area (TPSA) is 58.9 Å². The smallest absolute Gasteiger partial charge is 0.160 e. The lowest BCUT2D eigenvalue weighted by molar-refractivity contribution is -0.305. The van der Waals surface area contributed by atoms with Crippen LogP contribution in [0.25, 0.3) is 0 Å². The molecule has 4 saturated carbocycles. The van der Waals surface area contributed by atoms with E-state index in [1.54, 1.807) is 0 Å². The lowest BCUT2D eigenvalue weighted by Gasteiger charge is -2.71. The molecule has 5 aliphatic rings. The van der Waals surface area contributed by atoms with Crippen molar-refractivity contribution in [2.24, 2.45) is 45.3 Å². The van der Waals surface area contributed by atoms with Gasteiger partial charge >= 0.3 is 0 Å². The third-order valence-electron chi connectivity index (χ3n) is 13.3. The minimum Gasteiger partial charge on any atom is -0.393 e. The molecule has 2 N–H and O–H groups in total. The Labute approximate surface area is 245 Å². The number of hydrogen-bond acceptors (Lipinski definition) is 4. The number of ether oxygens (including phenoxy) is 2. The van der Waals surface area contributed by atoms with Crippen molar-refractivity contribution in [3.8, 4) is 0 Å². The van der Waals surface area contributed by atoms with Gasteiger partial charge < -0.3 is 19.7 Å². The van der Waals surface area contributed by atoms with Crippen molar-refractivity contribution >= 4 is 0 Å². The standard InChI is InChI=1S/C36H60O4/c1-22(2)12-10-13-23(3)26-14-17-35(8)31(26)27(38)20-29-34(7)16-11-15-33(5,6)32(34)28(21-36(29,35)9)40-30-19-25(37)18-24(4)39-30/h12,24-32,37-38H,3,10-11,13-21H2,1-2,4-9H3/t24-,25+,26-,27-,28+,29-,30+,31+,32+,34-,35-,36-/m1/s1. The van der Waals surface area contributed by atoms with Crippen LogP contribution in [0.2, 0.25) is 0 Å². The molecule has 5 rings (SSSR count). The molecule has 1 heterocycles. The molecule has 0 aromatic carbocycles.